The maximum Gasteiger partial charge on any atom is 0.117 e. The summed E-state index contributed by atoms with van der Waals surface area (Å²) in [5, 5.41) is 0. The molecule has 0 saturated heterocycles. The Hall–Kier alpha value is -0.720. The molecule has 0 bridgehead atoms. The highest BCUT2D eigenvalue weighted by Gasteiger charge is 2.28. The molecule has 0 aliphatic heterocycles. The molecule has 0 amide bonds. The minimum Gasteiger partial charge on any atom is -0.497 e. The minimum atomic E-state index is 0.374. The molecule has 80 valence electrons. The third kappa shape index (κ3) is 2.20. The van der Waals surface area contributed by atoms with E-state index in [0.717, 1.165) is 12.2 Å². The lowest BCUT2D eigenvalue weighted by atomic mass is 9.72. The van der Waals surface area contributed by atoms with Gasteiger partial charge in [0.15, 0.2) is 0 Å². The van der Waals surface area contributed by atoms with E-state index in [4.69, 9.17) is 4.74 Å². The molecule has 1 nitrogen and oxygen atoms in total. The molecule has 0 saturated carbocycles. The maximum absolute atomic E-state index is 5.40. The second-order valence-electron chi connectivity index (χ2n) is 4.90. The first-order chi connectivity index (χ1) is 6.49. The van der Waals surface area contributed by atoms with Gasteiger partial charge in [-0.25, -0.2) is 0 Å². The SMILES string of the molecule is COC1=C(\C)C(C)C(C)(C)CC/C=C\1. The van der Waals surface area contributed by atoms with Gasteiger partial charge in [-0.1, -0.05) is 26.8 Å². The Bertz CT molecular complexity index is 258. The van der Waals surface area contributed by atoms with Crippen molar-refractivity contribution in [3.8, 4) is 0 Å². The normalized spacial score (nSPS) is 34.5. The largest absolute Gasteiger partial charge is 0.497 e. The van der Waals surface area contributed by atoms with Crippen molar-refractivity contribution in [2.45, 2.75) is 40.5 Å². The summed E-state index contributed by atoms with van der Waals surface area (Å²) in [4.78, 5) is 0. The van der Waals surface area contributed by atoms with Crippen molar-refractivity contribution in [1.82, 2.24) is 0 Å². The number of allylic oxidation sites excluding steroid dienone is 3. The van der Waals surface area contributed by atoms with E-state index in [1.54, 1.807) is 7.11 Å². The van der Waals surface area contributed by atoms with Crippen LogP contribution in [0.1, 0.15) is 40.5 Å². The quantitative estimate of drug-likeness (QED) is 0.614. The van der Waals surface area contributed by atoms with E-state index < -0.39 is 0 Å². The molecule has 0 heterocycles. The summed E-state index contributed by atoms with van der Waals surface area (Å²) >= 11 is 0. The maximum atomic E-state index is 5.40. The molecule has 1 rings (SSSR count). The van der Waals surface area contributed by atoms with Gasteiger partial charge in [0.25, 0.3) is 0 Å². The molecule has 0 fully saturated rings. The van der Waals surface area contributed by atoms with E-state index in [-0.39, 0.29) is 0 Å². The van der Waals surface area contributed by atoms with Crippen LogP contribution < -0.4 is 0 Å². The Balaban J connectivity index is 3.04. The van der Waals surface area contributed by atoms with Crippen molar-refractivity contribution in [3.05, 3.63) is 23.5 Å². The molecular formula is C13H22O. The molecule has 1 aliphatic rings. The van der Waals surface area contributed by atoms with Crippen LogP contribution in [0.2, 0.25) is 0 Å². The molecule has 0 aromatic rings. The molecule has 0 N–H and O–H groups in total. The summed E-state index contributed by atoms with van der Waals surface area (Å²) in [6.07, 6.45) is 6.73. The van der Waals surface area contributed by atoms with Gasteiger partial charge in [0, 0.05) is 0 Å². The summed E-state index contributed by atoms with van der Waals surface area (Å²) in [6.45, 7) is 9.16. The van der Waals surface area contributed by atoms with Crippen LogP contribution in [0.4, 0.5) is 0 Å². The fraction of sp³-hybridized carbons (Fsp3) is 0.692. The van der Waals surface area contributed by atoms with Crippen molar-refractivity contribution in [2.75, 3.05) is 7.11 Å². The topological polar surface area (TPSA) is 9.23 Å². The second kappa shape index (κ2) is 4.20. The van der Waals surface area contributed by atoms with Crippen LogP contribution >= 0.6 is 0 Å². The van der Waals surface area contributed by atoms with E-state index in [0.29, 0.717) is 11.3 Å². The van der Waals surface area contributed by atoms with E-state index in [9.17, 15) is 0 Å². The van der Waals surface area contributed by atoms with Crippen LogP contribution in [-0.4, -0.2) is 7.11 Å². The van der Waals surface area contributed by atoms with Gasteiger partial charge in [-0.05, 0) is 42.7 Å². The second-order valence-corrected chi connectivity index (χ2v) is 4.90. The Morgan fingerprint density at radius 3 is 2.64 bits per heavy atom. The summed E-state index contributed by atoms with van der Waals surface area (Å²) in [5.74, 6) is 1.63. The zero-order valence-corrected chi connectivity index (χ0v) is 10.1. The average Bonchev–Trinajstić information content (AvgIpc) is 2.14. The zero-order valence-electron chi connectivity index (χ0n) is 10.1. The molecule has 0 aromatic carbocycles. The molecule has 0 aromatic heterocycles. The van der Waals surface area contributed by atoms with E-state index >= 15 is 0 Å². The van der Waals surface area contributed by atoms with E-state index in [1.165, 1.54) is 12.0 Å². The van der Waals surface area contributed by atoms with Crippen LogP contribution in [0, 0.1) is 11.3 Å². The Morgan fingerprint density at radius 2 is 2.07 bits per heavy atom. The fourth-order valence-electron chi connectivity index (χ4n) is 2.02. The van der Waals surface area contributed by atoms with Crippen molar-refractivity contribution in [1.29, 1.82) is 0 Å². The standard InChI is InChI=1S/C13H22O/c1-10-11(2)13(3,4)9-7-6-8-12(10)14-5/h6,8,11H,7,9H2,1-5H3/b8-6-,12-10+. The van der Waals surface area contributed by atoms with Crippen molar-refractivity contribution in [3.63, 3.8) is 0 Å². The zero-order chi connectivity index (χ0) is 10.8. The lowest BCUT2D eigenvalue weighted by Gasteiger charge is -2.34. The number of ether oxygens (including phenoxy) is 1. The lowest BCUT2D eigenvalue weighted by Crippen LogP contribution is -2.24. The monoisotopic (exact) mass is 194 g/mol. The predicted molar refractivity (Wildman–Crippen MR) is 61.0 cm³/mol. The van der Waals surface area contributed by atoms with Crippen LogP contribution in [-0.2, 0) is 4.74 Å². The molecule has 1 atom stereocenters. The Kier molecular flexibility index (Phi) is 3.41. The highest BCUT2D eigenvalue weighted by atomic mass is 16.5. The average molecular weight is 194 g/mol. The van der Waals surface area contributed by atoms with Gasteiger partial charge in [0.2, 0.25) is 0 Å². The van der Waals surface area contributed by atoms with Gasteiger partial charge in [-0.2, -0.15) is 0 Å². The Morgan fingerprint density at radius 1 is 1.43 bits per heavy atom. The first-order valence-electron chi connectivity index (χ1n) is 5.40. The third-order valence-electron chi connectivity index (χ3n) is 3.65. The van der Waals surface area contributed by atoms with Gasteiger partial charge in [0.05, 0.1) is 7.11 Å². The predicted octanol–water partition coefficient (Wildman–Crippen LogP) is 3.92. The number of hydrogen-bond acceptors (Lipinski definition) is 1. The number of rotatable bonds is 1. The molecule has 14 heavy (non-hydrogen) atoms. The summed E-state index contributed by atoms with van der Waals surface area (Å²) in [6, 6.07) is 0. The fourth-order valence-corrected chi connectivity index (χ4v) is 2.02. The molecule has 1 unspecified atom stereocenters. The molecule has 0 radical (unpaired) electrons. The summed E-state index contributed by atoms with van der Waals surface area (Å²) < 4.78 is 5.40. The van der Waals surface area contributed by atoms with Crippen molar-refractivity contribution >= 4 is 0 Å². The Labute approximate surface area is 87.8 Å². The van der Waals surface area contributed by atoms with Crippen LogP contribution in [0.3, 0.4) is 0 Å². The molecule has 0 spiro atoms. The highest BCUT2D eigenvalue weighted by molar-refractivity contribution is 5.23. The molecule has 1 heteroatoms. The van der Waals surface area contributed by atoms with E-state index in [1.807, 2.05) is 0 Å². The summed E-state index contributed by atoms with van der Waals surface area (Å²) in [7, 11) is 1.75. The minimum absolute atomic E-state index is 0.374. The first-order valence-corrected chi connectivity index (χ1v) is 5.40. The van der Waals surface area contributed by atoms with Gasteiger partial charge < -0.3 is 4.74 Å². The molecule has 1 aliphatic carbocycles. The van der Waals surface area contributed by atoms with Gasteiger partial charge in [-0.15, -0.1) is 0 Å². The third-order valence-corrected chi connectivity index (χ3v) is 3.65. The van der Waals surface area contributed by atoms with Crippen molar-refractivity contribution in [2.24, 2.45) is 11.3 Å². The van der Waals surface area contributed by atoms with Gasteiger partial charge in [-0.3, -0.25) is 0 Å². The van der Waals surface area contributed by atoms with Crippen molar-refractivity contribution < 1.29 is 4.74 Å². The van der Waals surface area contributed by atoms with Crippen LogP contribution in [0.5, 0.6) is 0 Å². The number of hydrogen-bond donors (Lipinski definition) is 0. The van der Waals surface area contributed by atoms with Gasteiger partial charge >= 0.3 is 0 Å². The van der Waals surface area contributed by atoms with Gasteiger partial charge in [0.1, 0.15) is 5.76 Å². The van der Waals surface area contributed by atoms with Crippen LogP contribution in [0.25, 0.3) is 0 Å². The summed E-state index contributed by atoms with van der Waals surface area (Å²) in [5.41, 5.74) is 1.74. The highest BCUT2D eigenvalue weighted by Crippen LogP contribution is 2.39. The van der Waals surface area contributed by atoms with E-state index in [2.05, 4.69) is 39.8 Å². The smallest absolute Gasteiger partial charge is 0.117 e. The first kappa shape index (κ1) is 11.4. The van der Waals surface area contributed by atoms with Crippen LogP contribution in [0.15, 0.2) is 23.5 Å². The number of methoxy groups -OCH3 is 1. The lowest BCUT2D eigenvalue weighted by molar-refractivity contribution is 0.225. The molecular weight excluding hydrogens is 172 g/mol.